The number of nitrogens with one attached hydrogen (secondary N) is 1. The predicted octanol–water partition coefficient (Wildman–Crippen LogP) is 5.48. The van der Waals surface area contributed by atoms with Crippen LogP contribution in [0.2, 0.25) is 0 Å². The number of nitrogens with zero attached hydrogens (tertiary/aromatic N) is 1. The zero-order valence-corrected chi connectivity index (χ0v) is 22.8. The van der Waals surface area contributed by atoms with Gasteiger partial charge in [0.25, 0.3) is 5.91 Å². The largest absolute Gasteiger partial charge is 0.508 e. The van der Waals surface area contributed by atoms with Crippen LogP contribution in [-0.4, -0.2) is 46.2 Å². The zero-order valence-electron chi connectivity index (χ0n) is 22.8. The third-order valence-electron chi connectivity index (χ3n) is 6.92. The maximum Gasteiger partial charge on any atom is 0.323 e. The Balaban J connectivity index is 1.59. The molecule has 1 atom stereocenters. The molecule has 2 aromatic rings. The van der Waals surface area contributed by atoms with Crippen LogP contribution in [0.1, 0.15) is 92.8 Å². The molecule has 1 aliphatic rings. The Bertz CT molecular complexity index is 1060. The molecule has 1 saturated carbocycles. The third kappa shape index (κ3) is 7.96. The van der Waals surface area contributed by atoms with Crippen molar-refractivity contribution >= 4 is 11.9 Å². The first-order chi connectivity index (χ1) is 17.5. The van der Waals surface area contributed by atoms with Crippen molar-refractivity contribution in [3.63, 3.8) is 0 Å². The van der Waals surface area contributed by atoms with Crippen molar-refractivity contribution in [2.24, 2.45) is 5.92 Å². The van der Waals surface area contributed by atoms with E-state index in [0.717, 1.165) is 43.2 Å². The molecule has 0 aliphatic heterocycles. The van der Waals surface area contributed by atoms with E-state index in [1.807, 2.05) is 38.1 Å². The molecule has 7 heteroatoms. The van der Waals surface area contributed by atoms with Gasteiger partial charge in [0.15, 0.2) is 0 Å². The number of hydrogen-bond donors (Lipinski definition) is 3. The van der Waals surface area contributed by atoms with Crippen LogP contribution >= 0.6 is 0 Å². The van der Waals surface area contributed by atoms with Gasteiger partial charge < -0.3 is 25.2 Å². The Hall–Kier alpha value is -3.06. The van der Waals surface area contributed by atoms with Gasteiger partial charge in [0.05, 0.1) is 5.56 Å². The summed E-state index contributed by atoms with van der Waals surface area (Å²) < 4.78 is 5.75. The van der Waals surface area contributed by atoms with E-state index in [9.17, 15) is 19.8 Å². The van der Waals surface area contributed by atoms with Gasteiger partial charge in [-0.1, -0.05) is 52.0 Å². The highest BCUT2D eigenvalue weighted by molar-refractivity contribution is 5.97. The van der Waals surface area contributed by atoms with Crippen LogP contribution < -0.4 is 5.32 Å². The van der Waals surface area contributed by atoms with E-state index < -0.39 is 0 Å². The SMILES string of the molecule is CC(C)C[C@@H](NCc1ccc(CN(C)C(=O)c2cc(C(C)C)c(O)cc2O)cc1)C(=O)OC1CCCC1. The Kier molecular flexibility index (Phi) is 9.98. The van der Waals surface area contributed by atoms with Crippen LogP contribution in [0.15, 0.2) is 36.4 Å². The minimum Gasteiger partial charge on any atom is -0.508 e. The van der Waals surface area contributed by atoms with E-state index in [1.165, 1.54) is 6.07 Å². The summed E-state index contributed by atoms with van der Waals surface area (Å²) in [5.74, 6) is -0.337. The number of aromatic hydroxyl groups is 2. The zero-order chi connectivity index (χ0) is 27.1. The summed E-state index contributed by atoms with van der Waals surface area (Å²) in [7, 11) is 1.69. The van der Waals surface area contributed by atoms with Crippen LogP contribution in [0.25, 0.3) is 0 Å². The topological polar surface area (TPSA) is 99.1 Å². The third-order valence-corrected chi connectivity index (χ3v) is 6.92. The first-order valence-electron chi connectivity index (χ1n) is 13.4. The van der Waals surface area contributed by atoms with Crippen LogP contribution in [0.5, 0.6) is 11.5 Å². The Morgan fingerprint density at radius 1 is 1.00 bits per heavy atom. The molecule has 1 amide bonds. The van der Waals surface area contributed by atoms with Gasteiger partial charge in [-0.3, -0.25) is 9.59 Å². The Labute approximate surface area is 220 Å². The molecule has 3 N–H and O–H groups in total. The van der Waals surface area contributed by atoms with Crippen molar-refractivity contribution in [3.8, 4) is 11.5 Å². The van der Waals surface area contributed by atoms with Crippen LogP contribution in [0, 0.1) is 5.92 Å². The minimum atomic E-state index is -0.335. The first-order valence-corrected chi connectivity index (χ1v) is 13.4. The quantitative estimate of drug-likeness (QED) is 0.346. The summed E-state index contributed by atoms with van der Waals surface area (Å²) in [5, 5.41) is 23.7. The molecule has 37 heavy (non-hydrogen) atoms. The lowest BCUT2D eigenvalue weighted by Gasteiger charge is -2.22. The molecule has 0 heterocycles. The van der Waals surface area contributed by atoms with Gasteiger partial charge in [-0.05, 0) is 66.7 Å². The summed E-state index contributed by atoms with van der Waals surface area (Å²) >= 11 is 0. The summed E-state index contributed by atoms with van der Waals surface area (Å²) in [5.41, 5.74) is 2.78. The molecule has 0 radical (unpaired) electrons. The van der Waals surface area contributed by atoms with Crippen molar-refractivity contribution in [1.29, 1.82) is 0 Å². The molecule has 0 aromatic heterocycles. The highest BCUT2D eigenvalue weighted by atomic mass is 16.5. The van der Waals surface area contributed by atoms with Crippen molar-refractivity contribution in [1.82, 2.24) is 10.2 Å². The van der Waals surface area contributed by atoms with Gasteiger partial charge in [-0.2, -0.15) is 0 Å². The standard InChI is InChI=1S/C30H42N2O5/c1-19(2)14-26(30(36)37-23-8-6-7-9-23)31-17-21-10-12-22(13-11-21)18-32(5)29(35)25-15-24(20(3)4)27(33)16-28(25)34/h10-13,15-16,19-20,23,26,31,33-34H,6-9,14,17-18H2,1-5H3/t26-/m1/s1. The van der Waals surface area contributed by atoms with Gasteiger partial charge in [0.1, 0.15) is 23.6 Å². The molecular weight excluding hydrogens is 468 g/mol. The van der Waals surface area contributed by atoms with Gasteiger partial charge in [0, 0.05) is 26.2 Å². The second-order valence-corrected chi connectivity index (χ2v) is 11.0. The maximum atomic E-state index is 13.0. The van der Waals surface area contributed by atoms with E-state index in [-0.39, 0.29) is 47.0 Å². The number of amides is 1. The van der Waals surface area contributed by atoms with Crippen LogP contribution in [-0.2, 0) is 22.6 Å². The van der Waals surface area contributed by atoms with E-state index in [0.29, 0.717) is 24.6 Å². The molecule has 2 aromatic carbocycles. The van der Waals surface area contributed by atoms with E-state index in [2.05, 4.69) is 19.2 Å². The number of carbonyl (C=O) groups is 2. The number of phenolic OH excluding ortho intramolecular Hbond substituents is 2. The van der Waals surface area contributed by atoms with Gasteiger partial charge in [0.2, 0.25) is 0 Å². The average Bonchev–Trinajstić information content (AvgIpc) is 3.34. The monoisotopic (exact) mass is 510 g/mol. The second-order valence-electron chi connectivity index (χ2n) is 11.0. The number of carbonyl (C=O) groups excluding carboxylic acids is 2. The van der Waals surface area contributed by atoms with Gasteiger partial charge in [-0.25, -0.2) is 0 Å². The number of hydrogen-bond acceptors (Lipinski definition) is 6. The average molecular weight is 511 g/mol. The highest BCUT2D eigenvalue weighted by Crippen LogP contribution is 2.33. The van der Waals surface area contributed by atoms with Crippen molar-refractivity contribution in [2.75, 3.05) is 7.05 Å². The molecule has 1 aliphatic carbocycles. The fraction of sp³-hybridized carbons (Fsp3) is 0.533. The molecule has 0 bridgehead atoms. The fourth-order valence-corrected chi connectivity index (χ4v) is 4.77. The van der Waals surface area contributed by atoms with Crippen molar-refractivity contribution in [3.05, 3.63) is 58.7 Å². The van der Waals surface area contributed by atoms with Gasteiger partial charge in [-0.15, -0.1) is 0 Å². The second kappa shape index (κ2) is 13.0. The molecule has 3 rings (SSSR count). The molecular formula is C30H42N2O5. The summed E-state index contributed by atoms with van der Waals surface area (Å²) in [6.45, 7) is 8.96. The van der Waals surface area contributed by atoms with E-state index in [4.69, 9.17) is 4.74 Å². The summed E-state index contributed by atoms with van der Waals surface area (Å²) in [4.78, 5) is 27.3. The van der Waals surface area contributed by atoms with Crippen molar-refractivity contribution in [2.45, 2.75) is 91.0 Å². The van der Waals surface area contributed by atoms with E-state index in [1.54, 1.807) is 18.0 Å². The molecule has 7 nitrogen and oxygen atoms in total. The molecule has 202 valence electrons. The normalized spacial score (nSPS) is 14.8. The lowest BCUT2D eigenvalue weighted by Crippen LogP contribution is -2.40. The number of esters is 1. The minimum absolute atomic E-state index is 0.0154. The number of benzene rings is 2. The smallest absolute Gasteiger partial charge is 0.323 e. The lowest BCUT2D eigenvalue weighted by molar-refractivity contribution is -0.151. The summed E-state index contributed by atoms with van der Waals surface area (Å²) in [6.07, 6.45) is 4.96. The number of ether oxygens (including phenoxy) is 1. The highest BCUT2D eigenvalue weighted by Gasteiger charge is 2.26. The first kappa shape index (κ1) is 28.5. The molecule has 0 saturated heterocycles. The van der Waals surface area contributed by atoms with Crippen molar-refractivity contribution < 1.29 is 24.5 Å². The van der Waals surface area contributed by atoms with E-state index >= 15 is 0 Å². The van der Waals surface area contributed by atoms with Crippen LogP contribution in [0.4, 0.5) is 0 Å². The molecule has 0 spiro atoms. The molecule has 1 fully saturated rings. The van der Waals surface area contributed by atoms with Gasteiger partial charge >= 0.3 is 5.97 Å². The Morgan fingerprint density at radius 3 is 2.22 bits per heavy atom. The predicted molar refractivity (Wildman–Crippen MR) is 145 cm³/mol. The summed E-state index contributed by atoms with van der Waals surface area (Å²) in [6, 6.07) is 10.4. The molecule has 0 unspecified atom stereocenters. The fourth-order valence-electron chi connectivity index (χ4n) is 4.77. The number of phenols is 2. The lowest BCUT2D eigenvalue weighted by atomic mass is 9.98. The van der Waals surface area contributed by atoms with Crippen LogP contribution in [0.3, 0.4) is 0 Å². The number of rotatable bonds is 11. The Morgan fingerprint density at radius 2 is 1.62 bits per heavy atom. The maximum absolute atomic E-state index is 13.0.